The van der Waals surface area contributed by atoms with Crippen LogP contribution in [-0.2, 0) is 4.74 Å². The van der Waals surface area contributed by atoms with Gasteiger partial charge in [-0.1, -0.05) is 62.4 Å². The van der Waals surface area contributed by atoms with Crippen molar-refractivity contribution >= 4 is 24.3 Å². The summed E-state index contributed by atoms with van der Waals surface area (Å²) in [5, 5.41) is 5.10. The third-order valence-corrected chi connectivity index (χ3v) is 7.81. The molecule has 1 unspecified atom stereocenters. The van der Waals surface area contributed by atoms with Gasteiger partial charge in [0, 0.05) is 56.8 Å². The van der Waals surface area contributed by atoms with Crippen LogP contribution in [0, 0.1) is 19.8 Å². The number of benzene rings is 2. The molecule has 1 aliphatic heterocycles. The van der Waals surface area contributed by atoms with E-state index in [4.69, 9.17) is 4.74 Å². The van der Waals surface area contributed by atoms with Crippen LogP contribution in [0.1, 0.15) is 66.1 Å². The second kappa shape index (κ2) is 29.9. The lowest BCUT2D eigenvalue weighted by Crippen LogP contribution is -2.41. The molecule has 1 fully saturated rings. The highest BCUT2D eigenvalue weighted by Crippen LogP contribution is 2.23. The second-order valence-electron chi connectivity index (χ2n) is 11.2. The van der Waals surface area contributed by atoms with E-state index in [9.17, 15) is 26.7 Å². The van der Waals surface area contributed by atoms with Crippen LogP contribution in [0.25, 0.3) is 18.4 Å². The van der Waals surface area contributed by atoms with Gasteiger partial charge in [0.25, 0.3) is 5.91 Å². The molecular formula is C38H60F5N3O2. The number of morpholine rings is 1. The summed E-state index contributed by atoms with van der Waals surface area (Å²) in [4.78, 5) is 17.6. The molecule has 1 N–H and O–H groups in total. The van der Waals surface area contributed by atoms with Crippen molar-refractivity contribution in [2.75, 3.05) is 81.4 Å². The van der Waals surface area contributed by atoms with Crippen LogP contribution in [0.4, 0.5) is 22.0 Å². The Morgan fingerprint density at radius 2 is 1.58 bits per heavy atom. The third-order valence-electron chi connectivity index (χ3n) is 7.81. The van der Waals surface area contributed by atoms with Crippen molar-refractivity contribution in [2.45, 2.75) is 52.9 Å². The number of carbonyl (C=O) groups excluding carboxylic acids is 1. The number of rotatable bonds is 14. The molecule has 1 aliphatic rings. The minimum Gasteiger partial charge on any atom is -0.380 e. The Labute approximate surface area is 286 Å². The van der Waals surface area contributed by atoms with Crippen LogP contribution in [0.2, 0.25) is 0 Å². The first-order valence-electron chi connectivity index (χ1n) is 16.3. The largest absolute Gasteiger partial charge is 0.380 e. The summed E-state index contributed by atoms with van der Waals surface area (Å²) in [7, 11) is 3.64. The number of nitrogens with zero attached hydrogens (tertiary/aromatic N) is 2. The molecule has 274 valence electrons. The standard InChI is InChI=1S/C34H49N3O2.CH2F2.3CH3F/c1-7-9-30(11-8-10-27(3)31-15-12-26(2)13-16-31)24-36(6)25-33-28(4)14-17-32(29(33)5)34(38)35-18-19-37-20-22-39-23-21-37;2-1-3;3*1-2/h12-17,25,30H,3-4,7-11,18-24H2,1-2,5-6H3,(H,35,38);1H2;3*1H3/b33-25+;;;;. The van der Waals surface area contributed by atoms with Gasteiger partial charge in [-0.3, -0.25) is 22.9 Å². The lowest BCUT2D eigenvalue weighted by Gasteiger charge is -2.26. The van der Waals surface area contributed by atoms with Gasteiger partial charge in [0.2, 0.25) is 6.93 Å². The van der Waals surface area contributed by atoms with Gasteiger partial charge >= 0.3 is 0 Å². The van der Waals surface area contributed by atoms with Crippen molar-refractivity contribution in [3.05, 3.63) is 75.7 Å². The Bertz CT molecular complexity index is 1220. The molecule has 2 aromatic rings. The lowest BCUT2D eigenvalue weighted by molar-refractivity contribution is 0.0383. The van der Waals surface area contributed by atoms with Gasteiger partial charge in [0.05, 0.1) is 34.7 Å². The number of alkyl halides is 5. The van der Waals surface area contributed by atoms with E-state index in [0.717, 1.165) is 73.8 Å². The maximum atomic E-state index is 13.0. The number of halogens is 5. The summed E-state index contributed by atoms with van der Waals surface area (Å²) >= 11 is 0. The molecule has 1 heterocycles. The normalized spacial score (nSPS) is 13.1. The predicted molar refractivity (Wildman–Crippen MR) is 193 cm³/mol. The molecule has 48 heavy (non-hydrogen) atoms. The van der Waals surface area contributed by atoms with E-state index in [1.165, 1.54) is 36.0 Å². The van der Waals surface area contributed by atoms with E-state index in [2.05, 4.69) is 79.6 Å². The summed E-state index contributed by atoms with van der Waals surface area (Å²) in [5.41, 5.74) is 5.47. The van der Waals surface area contributed by atoms with Crippen molar-refractivity contribution in [3.63, 3.8) is 0 Å². The maximum Gasteiger partial charge on any atom is 0.251 e. The van der Waals surface area contributed by atoms with Crippen LogP contribution in [0.15, 0.2) is 43.0 Å². The number of ether oxygens (including phenoxy) is 1. The second-order valence-corrected chi connectivity index (χ2v) is 11.2. The summed E-state index contributed by atoms with van der Waals surface area (Å²) in [6, 6.07) is 12.5. The summed E-state index contributed by atoms with van der Waals surface area (Å²) < 4.78 is 53.2. The first-order chi connectivity index (χ1) is 23.2. The molecule has 5 nitrogen and oxygen atoms in total. The fraction of sp³-hybridized carbons (Fsp3) is 0.553. The molecule has 0 bridgehead atoms. The number of carbonyl (C=O) groups is 1. The predicted octanol–water partition coefficient (Wildman–Crippen LogP) is 7.39. The number of allylic oxidation sites excluding steroid dienone is 1. The highest BCUT2D eigenvalue weighted by atomic mass is 19.3. The van der Waals surface area contributed by atoms with Crippen molar-refractivity contribution in [1.29, 1.82) is 0 Å². The topological polar surface area (TPSA) is 44.8 Å². The van der Waals surface area contributed by atoms with Crippen molar-refractivity contribution in [3.8, 4) is 0 Å². The van der Waals surface area contributed by atoms with Crippen LogP contribution in [0.3, 0.4) is 0 Å². The average molecular weight is 686 g/mol. The molecule has 0 spiro atoms. The minimum absolute atomic E-state index is 0.0178. The zero-order valence-corrected chi connectivity index (χ0v) is 30.3. The first kappa shape index (κ1) is 46.9. The van der Waals surface area contributed by atoms with E-state index in [1.54, 1.807) is 0 Å². The highest BCUT2D eigenvalue weighted by Gasteiger charge is 2.14. The molecule has 0 aliphatic carbocycles. The monoisotopic (exact) mass is 685 g/mol. The number of amides is 1. The van der Waals surface area contributed by atoms with Gasteiger partial charge < -0.3 is 15.0 Å². The summed E-state index contributed by atoms with van der Waals surface area (Å²) in [6.45, 7) is 19.1. The molecule has 10 heteroatoms. The van der Waals surface area contributed by atoms with Gasteiger partial charge in [0.15, 0.2) is 0 Å². The Morgan fingerprint density at radius 1 is 1.00 bits per heavy atom. The van der Waals surface area contributed by atoms with Crippen molar-refractivity contribution in [1.82, 2.24) is 15.1 Å². The molecular weight excluding hydrogens is 625 g/mol. The average Bonchev–Trinajstić information content (AvgIpc) is 3.10. The molecule has 2 aromatic carbocycles. The minimum atomic E-state index is -1.75. The Kier molecular flexibility index (Phi) is 29.2. The van der Waals surface area contributed by atoms with E-state index in [0.29, 0.717) is 34.0 Å². The Balaban J connectivity index is 0. The number of aryl methyl sites for hydroxylation is 1. The number of hydrogen-bond donors (Lipinski definition) is 1. The smallest absolute Gasteiger partial charge is 0.251 e. The zero-order valence-electron chi connectivity index (χ0n) is 30.3. The first-order valence-corrected chi connectivity index (χ1v) is 16.3. The Hall–Kier alpha value is -3.24. The molecule has 1 saturated heterocycles. The van der Waals surface area contributed by atoms with Crippen molar-refractivity contribution in [2.24, 2.45) is 5.92 Å². The maximum absolute atomic E-state index is 13.0. The fourth-order valence-corrected chi connectivity index (χ4v) is 5.41. The molecule has 0 radical (unpaired) electrons. The van der Waals surface area contributed by atoms with Gasteiger partial charge in [0.1, 0.15) is 0 Å². The molecule has 1 atom stereocenters. The van der Waals surface area contributed by atoms with Gasteiger partial charge in [-0.05, 0) is 73.4 Å². The SMILES string of the molecule is C=C(CCCC(CCC)CN(C)/C=c1/c(C)c(C(=O)NCCN2CCOCC2)ccc1=C)c1ccc(C)cc1.CF.CF.CF.FCF. The van der Waals surface area contributed by atoms with Gasteiger partial charge in [-0.25, -0.2) is 8.78 Å². The van der Waals surface area contributed by atoms with Crippen LogP contribution in [0.5, 0.6) is 0 Å². The molecule has 3 rings (SSSR count). The van der Waals surface area contributed by atoms with E-state index in [1.807, 2.05) is 19.1 Å². The van der Waals surface area contributed by atoms with Crippen LogP contribution in [-0.4, -0.2) is 97.2 Å². The lowest BCUT2D eigenvalue weighted by atomic mass is 9.93. The Morgan fingerprint density at radius 3 is 2.15 bits per heavy atom. The van der Waals surface area contributed by atoms with Crippen molar-refractivity contribution < 1.29 is 31.5 Å². The van der Waals surface area contributed by atoms with E-state index in [-0.39, 0.29) is 5.91 Å². The quantitative estimate of drug-likeness (QED) is 0.211. The summed E-state index contributed by atoms with van der Waals surface area (Å²) in [5.74, 6) is 0.595. The molecule has 0 saturated carbocycles. The zero-order chi connectivity index (χ0) is 36.9. The third kappa shape index (κ3) is 18.9. The number of hydrogen-bond acceptors (Lipinski definition) is 4. The van der Waals surface area contributed by atoms with Crippen LogP contribution >= 0.6 is 0 Å². The van der Waals surface area contributed by atoms with Gasteiger partial charge in [-0.15, -0.1) is 0 Å². The van der Waals surface area contributed by atoms with E-state index < -0.39 is 6.93 Å². The molecule has 0 aromatic heterocycles. The fourth-order valence-electron chi connectivity index (χ4n) is 5.41. The van der Waals surface area contributed by atoms with E-state index >= 15 is 0 Å². The highest BCUT2D eigenvalue weighted by molar-refractivity contribution is 5.95. The van der Waals surface area contributed by atoms with Crippen LogP contribution < -0.4 is 15.8 Å². The van der Waals surface area contributed by atoms with Gasteiger partial charge in [-0.2, -0.15) is 0 Å². The molecule has 1 amide bonds. The summed E-state index contributed by atoms with van der Waals surface area (Å²) in [6.07, 6.45) is 7.91. The number of nitrogens with one attached hydrogen (secondary N) is 1.